The number of aromatic nitrogens is 3. The minimum atomic E-state index is 0.302. The van der Waals surface area contributed by atoms with Crippen LogP contribution in [0.5, 0.6) is 5.75 Å². The molecule has 5 nitrogen and oxygen atoms in total. The van der Waals surface area contributed by atoms with Crippen molar-refractivity contribution in [2.45, 2.75) is 0 Å². The summed E-state index contributed by atoms with van der Waals surface area (Å²) >= 11 is 4.91. The maximum absolute atomic E-state index is 5.52. The molecule has 15 heavy (non-hydrogen) atoms. The highest BCUT2D eigenvalue weighted by Gasteiger charge is 2.08. The Balaban J connectivity index is 2.58. The van der Waals surface area contributed by atoms with Gasteiger partial charge in [0.05, 0.1) is 12.7 Å². The van der Waals surface area contributed by atoms with E-state index in [1.807, 2.05) is 24.3 Å². The number of nitrogen functional groups attached to an aromatic ring is 1. The second kappa shape index (κ2) is 3.74. The predicted octanol–water partition coefficient (Wildman–Crippen LogP) is 1.33. The summed E-state index contributed by atoms with van der Waals surface area (Å²) < 4.78 is 5.51. The number of methoxy groups -OCH3 is 1. The molecule has 6 heteroatoms. The first-order valence-corrected chi connectivity index (χ1v) is 4.70. The van der Waals surface area contributed by atoms with Gasteiger partial charge in [0.1, 0.15) is 5.75 Å². The molecule has 1 aromatic heterocycles. The highest BCUT2D eigenvalue weighted by atomic mass is 32.1. The van der Waals surface area contributed by atoms with Crippen molar-refractivity contribution >= 4 is 12.2 Å². The highest BCUT2D eigenvalue weighted by Crippen LogP contribution is 2.26. The first-order chi connectivity index (χ1) is 7.22. The molecule has 1 heterocycles. The standard InChI is InChI=1S/C9H10N4OS/c1-14-7-5-3-2-4-6(7)8-11-9(15)13(10)12-8/h2-5H,10H2,1H3,(H,11,12,15). The zero-order chi connectivity index (χ0) is 10.8. The topological polar surface area (TPSA) is 68.9 Å². The first-order valence-electron chi connectivity index (χ1n) is 4.30. The zero-order valence-corrected chi connectivity index (χ0v) is 8.91. The third-order valence-corrected chi connectivity index (χ3v) is 2.29. The number of benzene rings is 1. The summed E-state index contributed by atoms with van der Waals surface area (Å²) in [7, 11) is 1.60. The van der Waals surface area contributed by atoms with Gasteiger partial charge in [0.25, 0.3) is 0 Å². The van der Waals surface area contributed by atoms with E-state index >= 15 is 0 Å². The molecule has 0 aliphatic carbocycles. The molecule has 0 fully saturated rings. The van der Waals surface area contributed by atoms with Gasteiger partial charge < -0.3 is 10.6 Å². The molecule has 0 aliphatic rings. The summed E-state index contributed by atoms with van der Waals surface area (Å²) in [6.07, 6.45) is 0. The van der Waals surface area contributed by atoms with Gasteiger partial charge in [0.2, 0.25) is 4.77 Å². The average molecular weight is 222 g/mol. The molecule has 0 bridgehead atoms. The lowest BCUT2D eigenvalue weighted by atomic mass is 10.2. The molecule has 78 valence electrons. The monoisotopic (exact) mass is 222 g/mol. The second-order valence-electron chi connectivity index (χ2n) is 2.93. The summed E-state index contributed by atoms with van der Waals surface area (Å²) in [5, 5.41) is 2.83. The molecule has 3 N–H and O–H groups in total. The fraction of sp³-hybridized carbons (Fsp3) is 0.111. The minimum absolute atomic E-state index is 0.302. The van der Waals surface area contributed by atoms with Crippen LogP contribution in [-0.4, -0.2) is 22.0 Å². The number of ether oxygens (including phenoxy) is 1. The van der Waals surface area contributed by atoms with E-state index in [-0.39, 0.29) is 0 Å². The van der Waals surface area contributed by atoms with E-state index < -0.39 is 0 Å². The van der Waals surface area contributed by atoms with Gasteiger partial charge in [0, 0.05) is 0 Å². The molecule has 2 rings (SSSR count). The third-order valence-electron chi connectivity index (χ3n) is 2.00. The van der Waals surface area contributed by atoms with Crippen LogP contribution in [0.4, 0.5) is 0 Å². The van der Waals surface area contributed by atoms with E-state index in [4.69, 9.17) is 22.8 Å². The summed E-state index contributed by atoms with van der Waals surface area (Å²) in [5.41, 5.74) is 0.829. The van der Waals surface area contributed by atoms with Gasteiger partial charge in [-0.1, -0.05) is 12.1 Å². The lowest BCUT2D eigenvalue weighted by molar-refractivity contribution is 0.416. The van der Waals surface area contributed by atoms with E-state index in [9.17, 15) is 0 Å². The Bertz CT molecular complexity index is 531. The molecule has 0 saturated heterocycles. The molecule has 0 aliphatic heterocycles. The molecule has 0 unspecified atom stereocenters. The number of rotatable bonds is 2. The lowest BCUT2D eigenvalue weighted by Gasteiger charge is -2.04. The molecule has 0 atom stereocenters. The van der Waals surface area contributed by atoms with Crippen LogP contribution in [-0.2, 0) is 0 Å². The molecule has 0 spiro atoms. The number of para-hydroxylation sites is 1. The van der Waals surface area contributed by atoms with Crippen molar-refractivity contribution in [3.05, 3.63) is 29.0 Å². The molecule has 2 aromatic rings. The van der Waals surface area contributed by atoms with Gasteiger partial charge in [-0.3, -0.25) is 5.10 Å². The molecule has 1 aromatic carbocycles. The van der Waals surface area contributed by atoms with Gasteiger partial charge in [0.15, 0.2) is 5.82 Å². The Kier molecular flexibility index (Phi) is 2.42. The van der Waals surface area contributed by atoms with Gasteiger partial charge in [-0.15, -0.1) is 0 Å². The minimum Gasteiger partial charge on any atom is -0.496 e. The summed E-state index contributed by atoms with van der Waals surface area (Å²) in [6.45, 7) is 0. The van der Waals surface area contributed by atoms with Crippen molar-refractivity contribution in [1.29, 1.82) is 0 Å². The normalized spacial score (nSPS) is 10.2. The van der Waals surface area contributed by atoms with Gasteiger partial charge in [-0.05, 0) is 24.4 Å². The van der Waals surface area contributed by atoms with Crippen molar-refractivity contribution in [1.82, 2.24) is 14.9 Å². The van der Waals surface area contributed by atoms with Crippen LogP contribution in [0.1, 0.15) is 0 Å². The first kappa shape index (κ1) is 9.72. The number of nitrogens with one attached hydrogen (secondary N) is 1. The average Bonchev–Trinajstić information content (AvgIpc) is 2.59. The molecular weight excluding hydrogens is 212 g/mol. The predicted molar refractivity (Wildman–Crippen MR) is 59.6 cm³/mol. The molecular formula is C9H10N4OS. The van der Waals surface area contributed by atoms with E-state index in [1.165, 1.54) is 4.79 Å². The molecule has 0 saturated carbocycles. The number of aromatic amines is 1. The van der Waals surface area contributed by atoms with Crippen LogP contribution >= 0.6 is 12.2 Å². The Labute approximate surface area is 91.5 Å². The number of hydrogen-bond acceptors (Lipinski definition) is 4. The fourth-order valence-corrected chi connectivity index (χ4v) is 1.43. The van der Waals surface area contributed by atoms with Crippen molar-refractivity contribution in [2.24, 2.45) is 0 Å². The lowest BCUT2D eigenvalue weighted by Crippen LogP contribution is -2.09. The van der Waals surface area contributed by atoms with Crippen LogP contribution in [0.15, 0.2) is 24.3 Å². The fourth-order valence-electron chi connectivity index (χ4n) is 1.30. The molecule has 0 amide bonds. The summed E-state index contributed by atoms with van der Waals surface area (Å²) in [6, 6.07) is 7.51. The van der Waals surface area contributed by atoms with E-state index in [0.717, 1.165) is 11.3 Å². The highest BCUT2D eigenvalue weighted by molar-refractivity contribution is 7.71. The van der Waals surface area contributed by atoms with Crippen LogP contribution in [0.2, 0.25) is 0 Å². The van der Waals surface area contributed by atoms with Crippen LogP contribution < -0.4 is 10.6 Å². The van der Waals surface area contributed by atoms with Crippen molar-refractivity contribution in [3.8, 4) is 17.1 Å². The Morgan fingerprint density at radius 3 is 2.80 bits per heavy atom. The Hall–Kier alpha value is -1.82. The third kappa shape index (κ3) is 1.71. The number of nitrogens with zero attached hydrogens (tertiary/aromatic N) is 2. The van der Waals surface area contributed by atoms with Crippen molar-refractivity contribution in [2.75, 3.05) is 13.0 Å². The number of H-pyrrole nitrogens is 1. The van der Waals surface area contributed by atoms with Gasteiger partial charge in [-0.2, -0.15) is 9.77 Å². The summed E-state index contributed by atoms with van der Waals surface area (Å²) in [4.78, 5) is 5.30. The molecule has 0 radical (unpaired) electrons. The van der Waals surface area contributed by atoms with Crippen molar-refractivity contribution < 1.29 is 4.74 Å². The van der Waals surface area contributed by atoms with Crippen LogP contribution in [0, 0.1) is 4.77 Å². The van der Waals surface area contributed by atoms with Gasteiger partial charge >= 0.3 is 0 Å². The van der Waals surface area contributed by atoms with Gasteiger partial charge in [-0.25, -0.2) is 0 Å². The SMILES string of the molecule is COc1ccccc1-c1nc(=S)n(N)[nH]1. The smallest absolute Gasteiger partial charge is 0.236 e. The van der Waals surface area contributed by atoms with Crippen molar-refractivity contribution in [3.63, 3.8) is 0 Å². The van der Waals surface area contributed by atoms with Crippen LogP contribution in [0.3, 0.4) is 0 Å². The van der Waals surface area contributed by atoms with E-state index in [2.05, 4.69) is 10.1 Å². The Morgan fingerprint density at radius 1 is 1.47 bits per heavy atom. The maximum atomic E-state index is 5.52. The maximum Gasteiger partial charge on any atom is 0.236 e. The second-order valence-corrected chi connectivity index (χ2v) is 3.29. The zero-order valence-electron chi connectivity index (χ0n) is 8.10. The largest absolute Gasteiger partial charge is 0.496 e. The van der Waals surface area contributed by atoms with E-state index in [1.54, 1.807) is 7.11 Å². The number of hydrogen-bond donors (Lipinski definition) is 2. The Morgan fingerprint density at radius 2 is 2.20 bits per heavy atom. The summed E-state index contributed by atoms with van der Waals surface area (Å²) in [5.74, 6) is 6.84. The van der Waals surface area contributed by atoms with E-state index in [0.29, 0.717) is 10.6 Å². The van der Waals surface area contributed by atoms with Crippen LogP contribution in [0.25, 0.3) is 11.4 Å². The number of nitrogens with two attached hydrogens (primary N) is 1. The quantitative estimate of drug-likeness (QED) is 0.594.